The van der Waals surface area contributed by atoms with Gasteiger partial charge in [0.2, 0.25) is 0 Å². The highest BCUT2D eigenvalue weighted by molar-refractivity contribution is 5.79. The number of rotatable bonds is 16. The van der Waals surface area contributed by atoms with Crippen molar-refractivity contribution in [2.75, 3.05) is 33.0 Å². The Hall–Kier alpha value is -3.92. The molecule has 16 aliphatic rings. The third-order valence-electron chi connectivity index (χ3n) is 44.6. The average molecular weight is 1670 g/mol. The molecule has 6 unspecified atom stereocenters. The zero-order valence-electron chi connectivity index (χ0n) is 78.1. The van der Waals surface area contributed by atoms with Gasteiger partial charge < -0.3 is 54.7 Å². The molecular weight excluding hydrogens is 1510 g/mol. The first kappa shape index (κ1) is 90.4. The summed E-state index contributed by atoms with van der Waals surface area (Å²) >= 11 is 0. The van der Waals surface area contributed by atoms with Crippen LogP contribution >= 0.6 is 0 Å². The Morgan fingerprint density at radius 1 is 0.405 bits per heavy atom. The number of hydrogen-bond acceptors (Lipinski definition) is 13. The quantitative estimate of drug-likeness (QED) is 0.0361. The van der Waals surface area contributed by atoms with Gasteiger partial charge in [-0.3, -0.25) is 9.59 Å². The van der Waals surface area contributed by atoms with Crippen LogP contribution < -0.4 is 0 Å². The van der Waals surface area contributed by atoms with E-state index in [1.54, 1.807) is 0 Å². The predicted octanol–water partition coefficient (Wildman–Crippen LogP) is 22.1. The van der Waals surface area contributed by atoms with Crippen LogP contribution in [0.5, 0.6) is 0 Å². The van der Waals surface area contributed by atoms with E-state index in [0.29, 0.717) is 114 Å². The maximum Gasteiger partial charge on any atom is 0.312 e. The van der Waals surface area contributed by atoms with E-state index in [0.717, 1.165) is 185 Å². The minimum Gasteiger partial charge on any atom is -0.512 e. The number of carbonyl (C=O) groups is 2. The molecule has 121 heavy (non-hydrogen) atoms. The van der Waals surface area contributed by atoms with E-state index < -0.39 is 45.4 Å². The van der Waals surface area contributed by atoms with E-state index in [9.17, 15) is 45.3 Å². The first-order valence-corrected chi connectivity index (χ1v) is 49.2. The number of fused-ring (bicyclic) bond motifs is 21. The van der Waals surface area contributed by atoms with Crippen molar-refractivity contribution < 1.29 is 64.3 Å². The van der Waals surface area contributed by atoms with Gasteiger partial charge in [-0.05, 0) is 375 Å². The smallest absolute Gasteiger partial charge is 0.312 e. The fourth-order valence-corrected chi connectivity index (χ4v) is 37.2. The fourth-order valence-electron chi connectivity index (χ4n) is 37.2. The molecule has 13 heteroatoms. The summed E-state index contributed by atoms with van der Waals surface area (Å²) in [5.41, 5.74) is 3.53. The summed E-state index contributed by atoms with van der Waals surface area (Å²) in [6.45, 7) is 53.7. The molecule has 13 nitrogen and oxygen atoms in total. The Labute approximate surface area is 730 Å². The Bertz CT molecular complexity index is 4170. The lowest BCUT2D eigenvalue weighted by molar-refractivity contribution is -0.256. The van der Waals surface area contributed by atoms with E-state index in [4.69, 9.17) is 18.9 Å². The van der Waals surface area contributed by atoms with Crippen molar-refractivity contribution in [3.8, 4) is 0 Å². The van der Waals surface area contributed by atoms with Crippen LogP contribution in [0.2, 0.25) is 0 Å². The topological polar surface area (TPSA) is 216 Å². The molecule has 0 radical (unpaired) electrons. The number of hydrogen-bond donors (Lipinski definition) is 7. The molecule has 15 aliphatic carbocycles. The van der Waals surface area contributed by atoms with Crippen molar-refractivity contribution in [1.29, 1.82) is 0 Å². The van der Waals surface area contributed by atoms with Crippen LogP contribution in [0.4, 0.5) is 0 Å². The monoisotopic (exact) mass is 1670 g/mol. The molecule has 18 rings (SSSR count). The number of aliphatic hydroxyl groups is 7. The second-order valence-corrected chi connectivity index (χ2v) is 48.7. The molecule has 0 amide bonds. The molecule has 0 aromatic heterocycles. The maximum absolute atomic E-state index is 14.3. The molecule has 7 N–H and O–H groups in total. The molecule has 674 valence electrons. The first-order chi connectivity index (χ1) is 57.0. The lowest BCUT2D eigenvalue weighted by Crippen LogP contribution is -2.68. The zero-order valence-corrected chi connectivity index (χ0v) is 78.1. The van der Waals surface area contributed by atoms with Crippen molar-refractivity contribution in [3.05, 3.63) is 108 Å². The molecule has 1 aliphatic heterocycles. The van der Waals surface area contributed by atoms with Crippen LogP contribution in [0.3, 0.4) is 0 Å². The molecule has 2 aromatic carbocycles. The van der Waals surface area contributed by atoms with Crippen LogP contribution in [-0.4, -0.2) is 111 Å². The normalized spacial score (nSPS) is 51.2. The van der Waals surface area contributed by atoms with E-state index >= 15 is 0 Å². The molecule has 2 aromatic rings. The molecule has 1 saturated heterocycles. The molecule has 0 spiro atoms. The number of aliphatic hydroxyl groups excluding tert-OH is 7. The summed E-state index contributed by atoms with van der Waals surface area (Å²) in [6, 6.07) is 20.2. The number of epoxide rings is 1. The van der Waals surface area contributed by atoms with Gasteiger partial charge in [-0.15, -0.1) is 0 Å². The Morgan fingerprint density at radius 3 is 1.12 bits per heavy atom. The highest BCUT2D eigenvalue weighted by Gasteiger charge is 2.78. The lowest BCUT2D eigenvalue weighted by atomic mass is 9.32. The maximum atomic E-state index is 14.3. The largest absolute Gasteiger partial charge is 0.512 e. The summed E-state index contributed by atoms with van der Waals surface area (Å²) in [5, 5.41) is 75.9. The summed E-state index contributed by atoms with van der Waals surface area (Å²) in [7, 11) is 0. The van der Waals surface area contributed by atoms with Gasteiger partial charge in [-0.2, -0.15) is 0 Å². The Balaban J connectivity index is 0.000000135. The molecule has 16 fully saturated rings. The third-order valence-corrected chi connectivity index (χ3v) is 44.6. The van der Waals surface area contributed by atoms with E-state index in [1.807, 2.05) is 60.7 Å². The molecule has 34 atom stereocenters. The van der Waals surface area contributed by atoms with Crippen LogP contribution in [0.25, 0.3) is 0 Å². The van der Waals surface area contributed by atoms with Gasteiger partial charge >= 0.3 is 11.9 Å². The fraction of sp³-hybridized carbons (Fsp3) is 0.815. The Morgan fingerprint density at radius 2 is 0.752 bits per heavy atom. The summed E-state index contributed by atoms with van der Waals surface area (Å²) in [5.74, 6) is 6.82. The van der Waals surface area contributed by atoms with Crippen LogP contribution in [-0.2, 0) is 41.8 Å². The number of ether oxygens (including phenoxy) is 4. The van der Waals surface area contributed by atoms with Crippen LogP contribution in [0, 0.1) is 170 Å². The van der Waals surface area contributed by atoms with Gasteiger partial charge in [-0.25, -0.2) is 0 Å². The van der Waals surface area contributed by atoms with Gasteiger partial charge in [-0.1, -0.05) is 169 Å². The minimum atomic E-state index is -0.426. The van der Waals surface area contributed by atoms with Gasteiger partial charge in [0.05, 0.1) is 79.6 Å². The van der Waals surface area contributed by atoms with Crippen LogP contribution in [0.1, 0.15) is 315 Å². The molecule has 1 heterocycles. The van der Waals surface area contributed by atoms with Crippen molar-refractivity contribution in [1.82, 2.24) is 0 Å². The van der Waals surface area contributed by atoms with Crippen molar-refractivity contribution in [2.45, 2.75) is 347 Å². The third kappa shape index (κ3) is 13.1. The average Bonchev–Trinajstić information content (AvgIpc) is 1.65. The Kier molecular flexibility index (Phi) is 23.5. The summed E-state index contributed by atoms with van der Waals surface area (Å²) in [6.07, 6.45) is 30.3. The van der Waals surface area contributed by atoms with Crippen molar-refractivity contribution >= 4 is 11.9 Å². The molecule has 15 saturated carbocycles. The zero-order chi connectivity index (χ0) is 87.1. The highest BCUT2D eigenvalue weighted by Crippen LogP contribution is 2.83. The molecule has 0 bridgehead atoms. The second-order valence-electron chi connectivity index (χ2n) is 48.7. The van der Waals surface area contributed by atoms with Gasteiger partial charge in [0, 0.05) is 21.7 Å². The lowest BCUT2D eigenvalue weighted by Gasteiger charge is -2.73. The number of esters is 2. The van der Waals surface area contributed by atoms with Crippen LogP contribution in [0.15, 0.2) is 97.3 Å². The van der Waals surface area contributed by atoms with Gasteiger partial charge in [0.25, 0.3) is 0 Å². The standard InChI is InChI=1S/C37H54O5.C37H54O4.C34H56O4/c1-32-16-15-29(39)33(2,22-38)27(32)14-17-35(4)28(32)12-11-25-30-26(36(5)23-42-36)13-18-37(30,20-19-34(25,35)3)31(40)41-21-24-9-7-6-8-10-24;1-24(2)26-14-19-37(32(40)41-22-25-10-8-7-9-11-25)21-20-35(5)27(31(26)37)12-13-29-33(3)17-16-30(39)34(4,23-38)28(33)15-18-36(29,35)6;1-21(2)38-19-22(3)24-11-16-34(23(4)36)18-17-32(7)25(29(24)34)9-10-27-30(5)14-13-28(37)31(6,20-35)26(30)12-15-33(27,32)8/h6-10,25-30,38-39H,11-23H2,1-5H3;7-11,26-31,38-39H,1,12-23H2,2-6H3;21,24-29,35-37H,3-4,9-20H2,1-2,5-8H3/t25?,26-,27-,28-,29+,30?,32+,33+,34-,35-,36?,37+;26-,27?,28+,29+,30-,31?,33-,34-,35+,36+,37-;24-,25?,26+,27+,28-,29+,30-,31-,32+,33+,34+/m100/s1. The highest BCUT2D eigenvalue weighted by atomic mass is 16.6. The molecular formula is C108H164O13. The second kappa shape index (κ2) is 31.5. The number of allylic oxidation sites excluding steroid dienone is 2. The summed E-state index contributed by atoms with van der Waals surface area (Å²) in [4.78, 5) is 28.4. The van der Waals surface area contributed by atoms with Gasteiger partial charge in [0.15, 0.2) is 0 Å². The predicted molar refractivity (Wildman–Crippen MR) is 478 cm³/mol. The summed E-state index contributed by atoms with van der Waals surface area (Å²) < 4.78 is 24.6. The van der Waals surface area contributed by atoms with E-state index in [2.05, 4.69) is 131 Å². The van der Waals surface area contributed by atoms with Crippen molar-refractivity contribution in [2.24, 2.45) is 170 Å². The van der Waals surface area contributed by atoms with E-state index in [1.165, 1.54) is 36.8 Å². The first-order valence-electron chi connectivity index (χ1n) is 49.2. The van der Waals surface area contributed by atoms with Crippen molar-refractivity contribution in [3.63, 3.8) is 0 Å². The SMILES string of the molecule is C=C(C)[C@@H]1CC[C@]2(C(=O)OCc3ccccc3)CC[C@]3(C)C(CC[C@@H]4[C@@]5(C)CC[C@H](O)[C@@](C)(CO)[C@@H]5CC[C@]43C)C12.C=C(COC(C)C)[C@@H]1CC[C@]2(C(=C)O)CC[C@]3(C)C(CC[C@@H]4[C@@]5(C)CC[C@H](O)[C@@](C)(CO)[C@@H]5CC[C@]43C)[C@@H]12.CC1([C@@H]2CC[C@]3(C(=O)OCc4ccccc4)CC[C@]4(C)C(CC[C@@H]5[C@@]6(C)CC[C@H](O)[C@@](C)(CO)[C@@H]6CC[C@]54C)C23)CO1. The number of benzene rings is 2. The van der Waals surface area contributed by atoms with E-state index in [-0.39, 0.29) is 97.6 Å². The van der Waals surface area contributed by atoms with Gasteiger partial charge in [0.1, 0.15) is 13.2 Å². The minimum absolute atomic E-state index is 0.0279. The number of carbonyl (C=O) groups excluding carboxylic acids is 2.